The Labute approximate surface area is 92.1 Å². The van der Waals surface area contributed by atoms with Crippen LogP contribution in [-0.4, -0.2) is 11.1 Å². The normalized spacial score (nSPS) is 10.1. The van der Waals surface area contributed by atoms with E-state index < -0.39 is 5.97 Å². The molecule has 0 aliphatic rings. The van der Waals surface area contributed by atoms with Crippen LogP contribution >= 0.6 is 15.9 Å². The van der Waals surface area contributed by atoms with Crippen molar-refractivity contribution in [1.82, 2.24) is 0 Å². The number of hydrogen-bond donors (Lipinski definition) is 1. The molecule has 76 valence electrons. The summed E-state index contributed by atoms with van der Waals surface area (Å²) in [5.41, 5.74) is 1.42. The molecule has 0 radical (unpaired) electrons. The minimum absolute atomic E-state index is 0.346. The number of carbonyl (C=O) groups is 1. The van der Waals surface area contributed by atoms with E-state index >= 15 is 0 Å². The van der Waals surface area contributed by atoms with Gasteiger partial charge in [-0.1, -0.05) is 25.5 Å². The van der Waals surface area contributed by atoms with Crippen molar-refractivity contribution >= 4 is 21.9 Å². The van der Waals surface area contributed by atoms with Gasteiger partial charge < -0.3 is 5.11 Å². The Hall–Kier alpha value is -0.830. The van der Waals surface area contributed by atoms with Gasteiger partial charge in [0.25, 0.3) is 0 Å². The van der Waals surface area contributed by atoms with E-state index in [1.54, 1.807) is 12.1 Å². The van der Waals surface area contributed by atoms with E-state index in [2.05, 4.69) is 22.9 Å². The molecule has 0 aromatic heterocycles. The summed E-state index contributed by atoms with van der Waals surface area (Å²) in [5.74, 6) is -0.879. The van der Waals surface area contributed by atoms with E-state index in [0.717, 1.165) is 29.3 Å². The molecule has 0 atom stereocenters. The smallest absolute Gasteiger partial charge is 0.336 e. The standard InChI is InChI=1S/C11H13BrO2/c1-2-3-5-8-6-4-7-9(10(8)12)11(13)14/h4,6-7H,2-3,5H2,1H3,(H,13,14). The molecule has 0 aliphatic heterocycles. The molecule has 0 unspecified atom stereocenters. The molecule has 14 heavy (non-hydrogen) atoms. The van der Waals surface area contributed by atoms with Crippen molar-refractivity contribution in [1.29, 1.82) is 0 Å². The Morgan fingerprint density at radius 1 is 1.50 bits per heavy atom. The number of carboxylic acid groups (broad SMARTS) is 1. The Balaban J connectivity index is 2.95. The predicted octanol–water partition coefficient (Wildman–Crippen LogP) is 3.49. The summed E-state index contributed by atoms with van der Waals surface area (Å²) in [6, 6.07) is 5.37. The van der Waals surface area contributed by atoms with Crippen LogP contribution < -0.4 is 0 Å². The van der Waals surface area contributed by atoms with Gasteiger partial charge in [-0.2, -0.15) is 0 Å². The number of hydrogen-bond acceptors (Lipinski definition) is 1. The fourth-order valence-corrected chi connectivity index (χ4v) is 1.94. The van der Waals surface area contributed by atoms with Crippen LogP contribution in [0.15, 0.2) is 22.7 Å². The van der Waals surface area contributed by atoms with E-state index in [9.17, 15) is 4.79 Å². The molecule has 0 amide bonds. The van der Waals surface area contributed by atoms with Crippen molar-refractivity contribution < 1.29 is 9.90 Å². The summed E-state index contributed by atoms with van der Waals surface area (Å²) >= 11 is 3.33. The van der Waals surface area contributed by atoms with Gasteiger partial charge >= 0.3 is 5.97 Å². The summed E-state index contributed by atoms with van der Waals surface area (Å²) < 4.78 is 0.723. The molecule has 0 saturated heterocycles. The molecule has 0 saturated carbocycles. The highest BCUT2D eigenvalue weighted by molar-refractivity contribution is 9.10. The van der Waals surface area contributed by atoms with Gasteiger partial charge in [-0.25, -0.2) is 4.79 Å². The second-order valence-electron chi connectivity index (χ2n) is 3.19. The fraction of sp³-hybridized carbons (Fsp3) is 0.364. The van der Waals surface area contributed by atoms with Crippen molar-refractivity contribution in [3.8, 4) is 0 Å². The van der Waals surface area contributed by atoms with Crippen LogP contribution in [0.5, 0.6) is 0 Å². The molecule has 1 aromatic rings. The monoisotopic (exact) mass is 256 g/mol. The molecule has 0 heterocycles. The first-order valence-corrected chi connectivity index (χ1v) is 5.46. The number of aromatic carboxylic acids is 1. The highest BCUT2D eigenvalue weighted by Crippen LogP contribution is 2.23. The summed E-state index contributed by atoms with van der Waals surface area (Å²) in [7, 11) is 0. The summed E-state index contributed by atoms with van der Waals surface area (Å²) in [6.45, 7) is 2.12. The van der Waals surface area contributed by atoms with Crippen LogP contribution in [-0.2, 0) is 6.42 Å². The van der Waals surface area contributed by atoms with Crippen molar-refractivity contribution in [2.24, 2.45) is 0 Å². The first-order chi connectivity index (χ1) is 6.66. The second kappa shape index (κ2) is 5.15. The third-order valence-electron chi connectivity index (χ3n) is 2.11. The fourth-order valence-electron chi connectivity index (χ4n) is 1.31. The van der Waals surface area contributed by atoms with E-state index in [1.165, 1.54) is 0 Å². The molecule has 3 heteroatoms. The lowest BCUT2D eigenvalue weighted by molar-refractivity contribution is 0.0695. The third kappa shape index (κ3) is 2.58. The third-order valence-corrected chi connectivity index (χ3v) is 3.05. The predicted molar refractivity (Wildman–Crippen MR) is 59.7 cm³/mol. The molecular formula is C11H13BrO2. The van der Waals surface area contributed by atoms with Crippen molar-refractivity contribution in [3.05, 3.63) is 33.8 Å². The molecular weight excluding hydrogens is 244 g/mol. The minimum Gasteiger partial charge on any atom is -0.478 e. The molecule has 1 aromatic carbocycles. The highest BCUT2D eigenvalue weighted by atomic mass is 79.9. The highest BCUT2D eigenvalue weighted by Gasteiger charge is 2.10. The van der Waals surface area contributed by atoms with Gasteiger partial charge in [0, 0.05) is 4.47 Å². The zero-order valence-corrected chi connectivity index (χ0v) is 9.67. The summed E-state index contributed by atoms with van der Waals surface area (Å²) in [6.07, 6.45) is 3.13. The largest absolute Gasteiger partial charge is 0.478 e. The SMILES string of the molecule is CCCCc1cccc(C(=O)O)c1Br. The Bertz CT molecular complexity index is 334. The van der Waals surface area contributed by atoms with Crippen LogP contribution in [0.2, 0.25) is 0 Å². The van der Waals surface area contributed by atoms with Crippen LogP contribution in [0.3, 0.4) is 0 Å². The van der Waals surface area contributed by atoms with Crippen molar-refractivity contribution in [2.45, 2.75) is 26.2 Å². The molecule has 0 fully saturated rings. The zero-order chi connectivity index (χ0) is 10.6. The van der Waals surface area contributed by atoms with Crippen molar-refractivity contribution in [2.75, 3.05) is 0 Å². The molecule has 0 bridgehead atoms. The lowest BCUT2D eigenvalue weighted by Crippen LogP contribution is -2.00. The van der Waals surface area contributed by atoms with Crippen molar-refractivity contribution in [3.63, 3.8) is 0 Å². The number of carboxylic acids is 1. The first-order valence-electron chi connectivity index (χ1n) is 4.67. The lowest BCUT2D eigenvalue weighted by atomic mass is 10.1. The Kier molecular flexibility index (Phi) is 4.14. The van der Waals surface area contributed by atoms with Gasteiger partial charge in [-0.3, -0.25) is 0 Å². The van der Waals surface area contributed by atoms with Gasteiger partial charge in [0.15, 0.2) is 0 Å². The number of unbranched alkanes of at least 4 members (excludes halogenated alkanes) is 1. The van der Waals surface area contributed by atoms with E-state index in [-0.39, 0.29) is 0 Å². The van der Waals surface area contributed by atoms with E-state index in [1.807, 2.05) is 6.07 Å². The maximum Gasteiger partial charge on any atom is 0.336 e. The molecule has 1 rings (SSSR count). The topological polar surface area (TPSA) is 37.3 Å². The average molecular weight is 257 g/mol. The number of halogens is 1. The molecule has 1 N–H and O–H groups in total. The van der Waals surface area contributed by atoms with Gasteiger partial charge in [0.2, 0.25) is 0 Å². The number of rotatable bonds is 4. The van der Waals surface area contributed by atoms with Crippen LogP contribution in [0.1, 0.15) is 35.7 Å². The molecule has 0 spiro atoms. The number of benzene rings is 1. The van der Waals surface area contributed by atoms with Crippen LogP contribution in [0, 0.1) is 0 Å². The van der Waals surface area contributed by atoms with Gasteiger partial charge in [0.05, 0.1) is 5.56 Å². The van der Waals surface area contributed by atoms with Gasteiger partial charge in [-0.15, -0.1) is 0 Å². The quantitative estimate of drug-likeness (QED) is 0.896. The van der Waals surface area contributed by atoms with Crippen LogP contribution in [0.4, 0.5) is 0 Å². The zero-order valence-electron chi connectivity index (χ0n) is 8.09. The van der Waals surface area contributed by atoms with E-state index in [4.69, 9.17) is 5.11 Å². The lowest BCUT2D eigenvalue weighted by Gasteiger charge is -2.05. The molecule has 2 nitrogen and oxygen atoms in total. The first kappa shape index (κ1) is 11.2. The van der Waals surface area contributed by atoms with Gasteiger partial charge in [0.1, 0.15) is 0 Å². The Morgan fingerprint density at radius 2 is 2.21 bits per heavy atom. The Morgan fingerprint density at radius 3 is 2.79 bits per heavy atom. The maximum atomic E-state index is 10.8. The number of aryl methyl sites for hydroxylation is 1. The molecule has 0 aliphatic carbocycles. The van der Waals surface area contributed by atoms with Gasteiger partial charge in [-0.05, 0) is 40.4 Å². The maximum absolute atomic E-state index is 10.8. The van der Waals surface area contributed by atoms with E-state index in [0.29, 0.717) is 5.56 Å². The summed E-state index contributed by atoms with van der Waals surface area (Å²) in [5, 5.41) is 8.89. The minimum atomic E-state index is -0.879. The second-order valence-corrected chi connectivity index (χ2v) is 3.98. The average Bonchev–Trinajstić information content (AvgIpc) is 2.16. The van der Waals surface area contributed by atoms with Crippen LogP contribution in [0.25, 0.3) is 0 Å². The summed E-state index contributed by atoms with van der Waals surface area (Å²) in [4.78, 5) is 10.8.